The van der Waals surface area contributed by atoms with E-state index in [0.717, 1.165) is 22.8 Å². The number of esters is 2. The van der Waals surface area contributed by atoms with E-state index < -0.39 is 11.9 Å². The third-order valence-electron chi connectivity index (χ3n) is 3.43. The minimum atomic E-state index is -0.654. The summed E-state index contributed by atoms with van der Waals surface area (Å²) in [7, 11) is 2.50. The number of para-hydroxylation sites is 1. The summed E-state index contributed by atoms with van der Waals surface area (Å²) < 4.78 is 9.29. The van der Waals surface area contributed by atoms with Crippen molar-refractivity contribution in [2.75, 3.05) is 19.5 Å². The number of carbonyl (C=O) groups excluding carboxylic acids is 2. The maximum absolute atomic E-state index is 11.9. The van der Waals surface area contributed by atoms with Crippen molar-refractivity contribution in [1.82, 2.24) is 0 Å². The zero-order chi connectivity index (χ0) is 17.5. The summed E-state index contributed by atoms with van der Waals surface area (Å²) >= 11 is 0. The summed E-state index contributed by atoms with van der Waals surface area (Å²) in [6.45, 7) is 2.02. The van der Waals surface area contributed by atoms with E-state index in [2.05, 4.69) is 10.1 Å². The van der Waals surface area contributed by atoms with E-state index in [4.69, 9.17) is 4.74 Å². The highest BCUT2D eigenvalue weighted by Crippen LogP contribution is 2.29. The summed E-state index contributed by atoms with van der Waals surface area (Å²) in [6.07, 6.45) is 1.07. The molecule has 0 atom stereocenters. The lowest BCUT2D eigenvalue weighted by molar-refractivity contribution is -0.138. The normalized spacial score (nSPS) is 10.9. The molecule has 1 N–H and O–H groups in total. The molecule has 0 aromatic heterocycles. The van der Waals surface area contributed by atoms with E-state index in [9.17, 15) is 9.59 Å². The molecule has 0 amide bonds. The van der Waals surface area contributed by atoms with Crippen LogP contribution in [0, 0.1) is 6.92 Å². The van der Waals surface area contributed by atoms with Crippen LogP contribution in [0.4, 0.5) is 5.69 Å². The highest BCUT2D eigenvalue weighted by Gasteiger charge is 2.14. The number of methoxy groups -OCH3 is 2. The monoisotopic (exact) mass is 325 g/mol. The summed E-state index contributed by atoms with van der Waals surface area (Å²) in [5.74, 6) is -1.30. The second kappa shape index (κ2) is 7.97. The Morgan fingerprint density at radius 1 is 0.958 bits per heavy atom. The first-order chi connectivity index (χ1) is 11.5. The van der Waals surface area contributed by atoms with Crippen LogP contribution in [0.3, 0.4) is 0 Å². The van der Waals surface area contributed by atoms with Crippen molar-refractivity contribution in [3.8, 4) is 11.1 Å². The summed E-state index contributed by atoms with van der Waals surface area (Å²) in [4.78, 5) is 23.4. The number of rotatable bonds is 5. The molecule has 5 heteroatoms. The summed E-state index contributed by atoms with van der Waals surface area (Å²) in [6, 6.07) is 15.5. The Morgan fingerprint density at radius 3 is 2.25 bits per heavy atom. The van der Waals surface area contributed by atoms with Crippen LogP contribution >= 0.6 is 0 Å². The molecule has 2 aromatic rings. The van der Waals surface area contributed by atoms with Crippen molar-refractivity contribution in [1.29, 1.82) is 0 Å². The minimum Gasteiger partial charge on any atom is -0.466 e. The van der Waals surface area contributed by atoms with Crippen LogP contribution in [0.25, 0.3) is 11.1 Å². The van der Waals surface area contributed by atoms with Gasteiger partial charge in [0.1, 0.15) is 5.70 Å². The molecular formula is C19H19NO4. The van der Waals surface area contributed by atoms with Crippen molar-refractivity contribution in [2.24, 2.45) is 0 Å². The van der Waals surface area contributed by atoms with Gasteiger partial charge in [-0.1, -0.05) is 48.0 Å². The predicted octanol–water partition coefficient (Wildman–Crippen LogP) is 3.30. The molecule has 0 aliphatic rings. The Labute approximate surface area is 140 Å². The van der Waals surface area contributed by atoms with E-state index in [1.54, 1.807) is 0 Å². The molecule has 0 bridgehead atoms. The van der Waals surface area contributed by atoms with Crippen LogP contribution in [-0.2, 0) is 19.1 Å². The van der Waals surface area contributed by atoms with E-state index in [-0.39, 0.29) is 5.70 Å². The second-order valence-corrected chi connectivity index (χ2v) is 5.11. The van der Waals surface area contributed by atoms with E-state index in [1.807, 2.05) is 55.5 Å². The molecule has 0 aliphatic carbocycles. The number of aryl methyl sites for hydroxylation is 1. The molecular weight excluding hydrogens is 306 g/mol. The number of nitrogens with one attached hydrogen (secondary N) is 1. The van der Waals surface area contributed by atoms with Crippen molar-refractivity contribution in [2.45, 2.75) is 6.92 Å². The van der Waals surface area contributed by atoms with Crippen LogP contribution in [0.2, 0.25) is 0 Å². The first-order valence-electron chi connectivity index (χ1n) is 7.36. The third kappa shape index (κ3) is 4.23. The minimum absolute atomic E-state index is 0.00362. The molecule has 0 saturated carbocycles. The van der Waals surface area contributed by atoms with Gasteiger partial charge in [0.15, 0.2) is 0 Å². The fraction of sp³-hybridized carbons (Fsp3) is 0.158. The molecule has 5 nitrogen and oxygen atoms in total. The summed E-state index contributed by atoms with van der Waals surface area (Å²) in [5.41, 5.74) is 3.74. The first kappa shape index (κ1) is 17.3. The topological polar surface area (TPSA) is 64.6 Å². The maximum atomic E-state index is 11.9. The van der Waals surface area contributed by atoms with Gasteiger partial charge in [-0.05, 0) is 18.6 Å². The Bertz CT molecular complexity index is 763. The molecule has 0 aliphatic heterocycles. The largest absolute Gasteiger partial charge is 0.466 e. The van der Waals surface area contributed by atoms with E-state index in [0.29, 0.717) is 5.69 Å². The van der Waals surface area contributed by atoms with Crippen molar-refractivity contribution in [3.63, 3.8) is 0 Å². The Morgan fingerprint density at radius 2 is 1.62 bits per heavy atom. The van der Waals surface area contributed by atoms with Gasteiger partial charge in [0.25, 0.3) is 0 Å². The molecule has 0 radical (unpaired) electrons. The zero-order valence-corrected chi connectivity index (χ0v) is 13.8. The summed E-state index contributed by atoms with van der Waals surface area (Å²) in [5, 5.41) is 2.96. The number of hydrogen-bond donors (Lipinski definition) is 1. The quantitative estimate of drug-likeness (QED) is 0.675. The van der Waals surface area contributed by atoms with Crippen molar-refractivity contribution in [3.05, 3.63) is 65.9 Å². The van der Waals surface area contributed by atoms with Gasteiger partial charge in [0.05, 0.1) is 20.3 Å². The highest BCUT2D eigenvalue weighted by molar-refractivity contribution is 5.99. The van der Waals surface area contributed by atoms with Gasteiger partial charge in [0.2, 0.25) is 0 Å². The molecule has 0 unspecified atom stereocenters. The van der Waals surface area contributed by atoms with Gasteiger partial charge in [-0.15, -0.1) is 0 Å². The lowest BCUT2D eigenvalue weighted by atomic mass is 10.0. The van der Waals surface area contributed by atoms with Crippen molar-refractivity contribution < 1.29 is 19.1 Å². The fourth-order valence-electron chi connectivity index (χ4n) is 2.15. The average Bonchev–Trinajstić information content (AvgIpc) is 2.61. The van der Waals surface area contributed by atoms with Gasteiger partial charge in [0, 0.05) is 11.3 Å². The van der Waals surface area contributed by atoms with Gasteiger partial charge in [-0.3, -0.25) is 0 Å². The van der Waals surface area contributed by atoms with Crippen molar-refractivity contribution >= 4 is 17.6 Å². The van der Waals surface area contributed by atoms with Crippen LogP contribution in [0.15, 0.2) is 60.3 Å². The van der Waals surface area contributed by atoms with Crippen LogP contribution in [0.1, 0.15) is 5.56 Å². The van der Waals surface area contributed by atoms with Gasteiger partial charge in [-0.25, -0.2) is 9.59 Å². The molecule has 124 valence electrons. The van der Waals surface area contributed by atoms with Crippen LogP contribution in [-0.4, -0.2) is 26.2 Å². The van der Waals surface area contributed by atoms with Crippen LogP contribution < -0.4 is 5.32 Å². The molecule has 24 heavy (non-hydrogen) atoms. The molecule has 0 spiro atoms. The molecule has 0 heterocycles. The number of benzene rings is 2. The number of hydrogen-bond acceptors (Lipinski definition) is 5. The molecule has 2 aromatic carbocycles. The molecule has 2 rings (SSSR count). The van der Waals surface area contributed by atoms with E-state index in [1.165, 1.54) is 14.2 Å². The molecule has 0 saturated heterocycles. The SMILES string of the molecule is COC(=O)/C=C(/Nc1ccccc1-c1ccc(C)cc1)C(=O)OC. The third-order valence-corrected chi connectivity index (χ3v) is 3.43. The number of carbonyl (C=O) groups is 2. The lowest BCUT2D eigenvalue weighted by Crippen LogP contribution is -2.15. The lowest BCUT2D eigenvalue weighted by Gasteiger charge is -2.14. The Balaban J connectivity index is 2.41. The Hall–Kier alpha value is -3.08. The Kier molecular flexibility index (Phi) is 5.73. The average molecular weight is 325 g/mol. The second-order valence-electron chi connectivity index (χ2n) is 5.11. The fourth-order valence-corrected chi connectivity index (χ4v) is 2.15. The van der Waals surface area contributed by atoms with E-state index >= 15 is 0 Å². The van der Waals surface area contributed by atoms with Gasteiger partial charge < -0.3 is 14.8 Å². The smallest absolute Gasteiger partial charge is 0.354 e. The molecule has 0 fully saturated rings. The highest BCUT2D eigenvalue weighted by atomic mass is 16.5. The zero-order valence-electron chi connectivity index (χ0n) is 13.8. The van der Waals surface area contributed by atoms with Crippen LogP contribution in [0.5, 0.6) is 0 Å². The van der Waals surface area contributed by atoms with Gasteiger partial charge in [-0.2, -0.15) is 0 Å². The predicted molar refractivity (Wildman–Crippen MR) is 92.4 cm³/mol. The maximum Gasteiger partial charge on any atom is 0.354 e. The van der Waals surface area contributed by atoms with Gasteiger partial charge >= 0.3 is 11.9 Å². The number of ether oxygens (including phenoxy) is 2. The number of anilines is 1. The first-order valence-corrected chi connectivity index (χ1v) is 7.36. The standard InChI is InChI=1S/C19H19NO4/c1-13-8-10-14(11-9-13)15-6-4-5-7-16(15)20-17(19(22)24-3)12-18(21)23-2/h4-12,20H,1-3H3/b17-12+.